The number of nitrogens with two attached hydrogens (primary N) is 1. The van der Waals surface area contributed by atoms with Gasteiger partial charge in [-0.05, 0) is 30.6 Å². The summed E-state index contributed by atoms with van der Waals surface area (Å²) in [6.45, 7) is 9.25. The van der Waals surface area contributed by atoms with Crippen molar-refractivity contribution < 1.29 is 0 Å². The lowest BCUT2D eigenvalue weighted by atomic mass is 9.77. The zero-order valence-corrected chi connectivity index (χ0v) is 13.1. The van der Waals surface area contributed by atoms with Crippen molar-refractivity contribution in [3.05, 3.63) is 10.6 Å². The van der Waals surface area contributed by atoms with Crippen molar-refractivity contribution in [2.24, 2.45) is 17.1 Å². The van der Waals surface area contributed by atoms with Gasteiger partial charge in [0.05, 0.1) is 5.69 Å². The number of anilines is 1. The van der Waals surface area contributed by atoms with Gasteiger partial charge in [-0.1, -0.05) is 38.5 Å². The second-order valence-electron chi connectivity index (χ2n) is 6.97. The zero-order valence-electron chi connectivity index (χ0n) is 12.3. The number of nitrogens with zero attached hydrogens (tertiary/aromatic N) is 2. The molecular formula is C15H25N3S. The first-order chi connectivity index (χ1) is 8.98. The molecule has 1 aliphatic carbocycles. The van der Waals surface area contributed by atoms with Crippen LogP contribution in [0.3, 0.4) is 0 Å². The number of fused-ring (bicyclic) bond motifs is 1. The molecule has 1 saturated heterocycles. The third-order valence-corrected chi connectivity index (χ3v) is 5.90. The van der Waals surface area contributed by atoms with Gasteiger partial charge in [-0.25, -0.2) is 4.98 Å². The minimum atomic E-state index is 0.189. The molecule has 0 saturated carbocycles. The highest BCUT2D eigenvalue weighted by molar-refractivity contribution is 7.15. The van der Waals surface area contributed by atoms with E-state index >= 15 is 0 Å². The van der Waals surface area contributed by atoms with Gasteiger partial charge in [0.25, 0.3) is 0 Å². The Morgan fingerprint density at radius 2 is 2.26 bits per heavy atom. The minimum Gasteiger partial charge on any atom is -0.348 e. The van der Waals surface area contributed by atoms with Crippen molar-refractivity contribution in [2.45, 2.75) is 52.5 Å². The largest absolute Gasteiger partial charge is 0.348 e. The first kappa shape index (κ1) is 13.4. The molecule has 0 radical (unpaired) electrons. The van der Waals surface area contributed by atoms with E-state index < -0.39 is 0 Å². The maximum atomic E-state index is 6.34. The Morgan fingerprint density at radius 1 is 1.47 bits per heavy atom. The Kier molecular flexibility index (Phi) is 3.34. The van der Waals surface area contributed by atoms with Crippen LogP contribution in [0.2, 0.25) is 0 Å². The molecule has 1 fully saturated rings. The van der Waals surface area contributed by atoms with E-state index in [2.05, 4.69) is 25.7 Å². The Morgan fingerprint density at radius 3 is 2.95 bits per heavy atom. The fourth-order valence-electron chi connectivity index (χ4n) is 3.46. The molecule has 19 heavy (non-hydrogen) atoms. The van der Waals surface area contributed by atoms with E-state index in [-0.39, 0.29) is 6.04 Å². The van der Waals surface area contributed by atoms with Gasteiger partial charge in [0.15, 0.2) is 5.13 Å². The van der Waals surface area contributed by atoms with Gasteiger partial charge in [-0.2, -0.15) is 0 Å². The van der Waals surface area contributed by atoms with E-state index in [0.717, 1.165) is 18.8 Å². The monoisotopic (exact) mass is 279 g/mol. The number of thiazole rings is 1. The molecule has 106 valence electrons. The third-order valence-electron chi connectivity index (χ3n) is 4.61. The van der Waals surface area contributed by atoms with Gasteiger partial charge < -0.3 is 10.6 Å². The van der Waals surface area contributed by atoms with Crippen molar-refractivity contribution in [1.29, 1.82) is 0 Å². The second-order valence-corrected chi connectivity index (χ2v) is 7.98. The quantitative estimate of drug-likeness (QED) is 0.902. The minimum absolute atomic E-state index is 0.189. The number of aromatic nitrogens is 1. The average Bonchev–Trinajstić information content (AvgIpc) is 2.92. The van der Waals surface area contributed by atoms with Crippen LogP contribution in [0, 0.1) is 11.3 Å². The summed E-state index contributed by atoms with van der Waals surface area (Å²) in [5.41, 5.74) is 7.91. The van der Waals surface area contributed by atoms with Gasteiger partial charge >= 0.3 is 0 Å². The molecule has 2 aliphatic rings. The number of hydrogen-bond donors (Lipinski definition) is 1. The van der Waals surface area contributed by atoms with Crippen molar-refractivity contribution in [2.75, 3.05) is 18.0 Å². The van der Waals surface area contributed by atoms with Crippen LogP contribution in [0.5, 0.6) is 0 Å². The summed E-state index contributed by atoms with van der Waals surface area (Å²) in [4.78, 5) is 8.72. The standard InChI is InChI=1S/C15H25N3S/c1-4-10-5-6-18(9-10)14-17-12-8-15(2,3)7-11(16)13(12)19-14/h10-11H,4-9,16H2,1-3H3. The van der Waals surface area contributed by atoms with Crippen LogP contribution < -0.4 is 10.6 Å². The van der Waals surface area contributed by atoms with E-state index in [1.165, 1.54) is 41.6 Å². The predicted octanol–water partition coefficient (Wildman–Crippen LogP) is 3.35. The third kappa shape index (κ3) is 2.52. The Balaban J connectivity index is 1.83. The molecule has 3 rings (SSSR count). The molecule has 2 atom stereocenters. The SMILES string of the molecule is CCC1CCN(c2nc3c(s2)C(N)CC(C)(C)C3)C1. The first-order valence-corrected chi connectivity index (χ1v) is 8.30. The van der Waals surface area contributed by atoms with Crippen molar-refractivity contribution in [3.8, 4) is 0 Å². The van der Waals surface area contributed by atoms with Crippen LogP contribution in [0.15, 0.2) is 0 Å². The molecule has 2 heterocycles. The van der Waals surface area contributed by atoms with Crippen LogP contribution >= 0.6 is 11.3 Å². The van der Waals surface area contributed by atoms with Crippen LogP contribution in [0.1, 0.15) is 56.6 Å². The van der Waals surface area contributed by atoms with E-state index in [1.54, 1.807) is 0 Å². The topological polar surface area (TPSA) is 42.2 Å². The summed E-state index contributed by atoms with van der Waals surface area (Å²) in [7, 11) is 0. The van der Waals surface area contributed by atoms with Crippen molar-refractivity contribution >= 4 is 16.5 Å². The van der Waals surface area contributed by atoms with E-state index in [9.17, 15) is 0 Å². The Hall–Kier alpha value is -0.610. The summed E-state index contributed by atoms with van der Waals surface area (Å²) < 4.78 is 0. The maximum Gasteiger partial charge on any atom is 0.185 e. The lowest BCUT2D eigenvalue weighted by molar-refractivity contribution is 0.282. The summed E-state index contributed by atoms with van der Waals surface area (Å²) in [6.07, 6.45) is 4.77. The molecule has 1 aliphatic heterocycles. The van der Waals surface area contributed by atoms with Crippen LogP contribution in [0.4, 0.5) is 5.13 Å². The summed E-state index contributed by atoms with van der Waals surface area (Å²) in [5.74, 6) is 0.853. The Bertz CT molecular complexity index is 466. The van der Waals surface area contributed by atoms with Crippen LogP contribution in [0.25, 0.3) is 0 Å². The van der Waals surface area contributed by atoms with Gasteiger partial charge in [0.2, 0.25) is 0 Å². The molecule has 4 heteroatoms. The highest BCUT2D eigenvalue weighted by Gasteiger charge is 2.34. The summed E-state index contributed by atoms with van der Waals surface area (Å²) >= 11 is 1.84. The molecular weight excluding hydrogens is 254 g/mol. The van der Waals surface area contributed by atoms with Crippen molar-refractivity contribution in [1.82, 2.24) is 4.98 Å². The van der Waals surface area contributed by atoms with Crippen LogP contribution in [-0.2, 0) is 6.42 Å². The number of hydrogen-bond acceptors (Lipinski definition) is 4. The summed E-state index contributed by atoms with van der Waals surface area (Å²) in [6, 6.07) is 0.189. The van der Waals surface area contributed by atoms with Gasteiger partial charge in [0.1, 0.15) is 0 Å². The fourth-order valence-corrected chi connectivity index (χ4v) is 4.57. The molecule has 0 bridgehead atoms. The van der Waals surface area contributed by atoms with Crippen molar-refractivity contribution in [3.63, 3.8) is 0 Å². The molecule has 0 aromatic carbocycles. The molecule has 2 unspecified atom stereocenters. The predicted molar refractivity (Wildman–Crippen MR) is 81.8 cm³/mol. The average molecular weight is 279 g/mol. The normalized spacial score (nSPS) is 29.6. The molecule has 0 amide bonds. The zero-order chi connectivity index (χ0) is 13.6. The van der Waals surface area contributed by atoms with Crippen LogP contribution in [-0.4, -0.2) is 18.1 Å². The van der Waals surface area contributed by atoms with E-state index in [0.29, 0.717) is 5.41 Å². The maximum absolute atomic E-state index is 6.34. The molecule has 3 nitrogen and oxygen atoms in total. The molecule has 1 aromatic heterocycles. The Labute approximate surface area is 120 Å². The second kappa shape index (κ2) is 4.74. The smallest absolute Gasteiger partial charge is 0.185 e. The van der Waals surface area contributed by atoms with E-state index in [1.807, 2.05) is 11.3 Å². The molecule has 0 spiro atoms. The van der Waals surface area contributed by atoms with Gasteiger partial charge in [-0.3, -0.25) is 0 Å². The van der Waals surface area contributed by atoms with Gasteiger partial charge in [0, 0.05) is 24.0 Å². The lowest BCUT2D eigenvalue weighted by Crippen LogP contribution is -2.28. The fraction of sp³-hybridized carbons (Fsp3) is 0.800. The number of rotatable bonds is 2. The molecule has 2 N–H and O–H groups in total. The highest BCUT2D eigenvalue weighted by Crippen LogP contribution is 2.44. The highest BCUT2D eigenvalue weighted by atomic mass is 32.1. The van der Waals surface area contributed by atoms with Gasteiger partial charge in [-0.15, -0.1) is 0 Å². The lowest BCUT2D eigenvalue weighted by Gasteiger charge is -2.32. The summed E-state index contributed by atoms with van der Waals surface area (Å²) in [5, 5.41) is 1.22. The molecule has 1 aromatic rings. The van der Waals surface area contributed by atoms with E-state index in [4.69, 9.17) is 10.7 Å². The first-order valence-electron chi connectivity index (χ1n) is 7.48.